The largest absolute Gasteiger partial charge is 0.360 e. The summed E-state index contributed by atoms with van der Waals surface area (Å²) in [4.78, 5) is 26.5. The predicted molar refractivity (Wildman–Crippen MR) is 88.0 cm³/mol. The molecule has 0 bridgehead atoms. The van der Waals surface area contributed by atoms with Gasteiger partial charge in [0.25, 0.3) is 5.91 Å². The Morgan fingerprint density at radius 1 is 1.38 bits per heavy atom. The third-order valence-corrected chi connectivity index (χ3v) is 4.26. The highest BCUT2D eigenvalue weighted by molar-refractivity contribution is 9.10. The van der Waals surface area contributed by atoms with E-state index in [2.05, 4.69) is 26.4 Å². The van der Waals surface area contributed by atoms with Crippen molar-refractivity contribution in [2.75, 3.05) is 11.9 Å². The summed E-state index contributed by atoms with van der Waals surface area (Å²) in [5, 5.41) is 6.35. The van der Waals surface area contributed by atoms with Gasteiger partial charge in [-0.05, 0) is 38.0 Å². The quantitative estimate of drug-likeness (QED) is 0.865. The Morgan fingerprint density at radius 3 is 2.83 bits per heavy atom. The van der Waals surface area contributed by atoms with Crippen LogP contribution in [0.5, 0.6) is 0 Å². The van der Waals surface area contributed by atoms with E-state index in [0.717, 1.165) is 0 Å². The van der Waals surface area contributed by atoms with Crippen molar-refractivity contribution >= 4 is 33.6 Å². The first-order valence-corrected chi connectivity index (χ1v) is 8.24. The number of amides is 2. The second-order valence-corrected chi connectivity index (χ2v) is 6.54. The Kier molecular flexibility index (Phi) is 4.66. The molecule has 1 unspecified atom stereocenters. The lowest BCUT2D eigenvalue weighted by atomic mass is 10.1. The topological polar surface area (TPSA) is 75.4 Å². The van der Waals surface area contributed by atoms with E-state index in [1.54, 1.807) is 19.1 Å². The molecule has 6 nitrogen and oxygen atoms in total. The highest BCUT2D eigenvalue weighted by atomic mass is 79.9. The van der Waals surface area contributed by atoms with Gasteiger partial charge < -0.3 is 14.7 Å². The molecule has 1 fully saturated rings. The van der Waals surface area contributed by atoms with Gasteiger partial charge in [0.1, 0.15) is 17.6 Å². The molecule has 1 atom stereocenters. The number of carbonyl (C=O) groups excluding carboxylic acids is 2. The van der Waals surface area contributed by atoms with Gasteiger partial charge in [0, 0.05) is 22.6 Å². The molecular weight excluding hydrogens is 381 g/mol. The van der Waals surface area contributed by atoms with Crippen molar-refractivity contribution in [1.82, 2.24) is 10.1 Å². The Bertz CT molecular complexity index is 772. The summed E-state index contributed by atoms with van der Waals surface area (Å²) in [6.45, 7) is 2.17. The highest BCUT2D eigenvalue weighted by Gasteiger charge is 2.35. The highest BCUT2D eigenvalue weighted by Crippen LogP contribution is 2.23. The number of benzene rings is 1. The smallest absolute Gasteiger partial charge is 0.254 e. The van der Waals surface area contributed by atoms with Gasteiger partial charge in [-0.2, -0.15) is 0 Å². The minimum atomic E-state index is -0.614. The van der Waals surface area contributed by atoms with Crippen LogP contribution in [0.3, 0.4) is 0 Å². The summed E-state index contributed by atoms with van der Waals surface area (Å²) < 4.78 is 18.9. The molecule has 3 rings (SSSR count). The van der Waals surface area contributed by atoms with E-state index in [9.17, 15) is 14.0 Å². The molecule has 2 heterocycles. The lowest BCUT2D eigenvalue weighted by molar-refractivity contribution is -0.119. The van der Waals surface area contributed by atoms with Gasteiger partial charge in [0.05, 0.1) is 0 Å². The molecule has 1 aromatic heterocycles. The summed E-state index contributed by atoms with van der Waals surface area (Å²) in [5.74, 6) is -0.320. The second kappa shape index (κ2) is 6.72. The van der Waals surface area contributed by atoms with E-state index in [-0.39, 0.29) is 17.4 Å². The molecule has 1 saturated heterocycles. The van der Waals surface area contributed by atoms with Gasteiger partial charge in [-0.25, -0.2) is 4.39 Å². The normalized spacial score (nSPS) is 17.1. The fourth-order valence-electron chi connectivity index (χ4n) is 2.76. The van der Waals surface area contributed by atoms with E-state index in [0.29, 0.717) is 35.4 Å². The molecule has 2 aromatic rings. The zero-order chi connectivity index (χ0) is 17.3. The average Bonchev–Trinajstić information content (AvgIpc) is 3.14. The number of carbonyl (C=O) groups is 2. The fourth-order valence-corrected chi connectivity index (χ4v) is 3.23. The number of halogens is 2. The van der Waals surface area contributed by atoms with Crippen molar-refractivity contribution in [3.63, 3.8) is 0 Å². The van der Waals surface area contributed by atoms with Gasteiger partial charge in [-0.1, -0.05) is 21.1 Å². The zero-order valence-corrected chi connectivity index (χ0v) is 14.5. The van der Waals surface area contributed by atoms with E-state index in [4.69, 9.17) is 4.52 Å². The number of anilines is 1. The third-order valence-electron chi connectivity index (χ3n) is 3.81. The van der Waals surface area contributed by atoms with Crippen LogP contribution in [0.1, 0.15) is 29.0 Å². The van der Waals surface area contributed by atoms with Crippen LogP contribution in [0.15, 0.2) is 33.3 Å². The molecule has 1 aliphatic rings. The molecule has 1 N–H and O–H groups in total. The van der Waals surface area contributed by atoms with E-state index >= 15 is 0 Å². The Labute approximate surface area is 146 Å². The molecule has 0 radical (unpaired) electrons. The maximum atomic E-state index is 13.5. The Balaban J connectivity index is 1.77. The zero-order valence-electron chi connectivity index (χ0n) is 12.9. The second-order valence-electron chi connectivity index (χ2n) is 5.63. The predicted octanol–water partition coefficient (Wildman–Crippen LogP) is 3.13. The van der Waals surface area contributed by atoms with Crippen LogP contribution in [0, 0.1) is 12.7 Å². The molecule has 8 heteroatoms. The van der Waals surface area contributed by atoms with Crippen LogP contribution < -0.4 is 5.32 Å². The van der Waals surface area contributed by atoms with Crippen LogP contribution in [0.2, 0.25) is 0 Å². The molecule has 0 spiro atoms. The van der Waals surface area contributed by atoms with Crippen molar-refractivity contribution in [1.29, 1.82) is 0 Å². The van der Waals surface area contributed by atoms with Gasteiger partial charge in [0.2, 0.25) is 5.91 Å². The first-order chi connectivity index (χ1) is 11.4. The van der Waals surface area contributed by atoms with Crippen molar-refractivity contribution in [3.8, 4) is 0 Å². The minimum absolute atomic E-state index is 0.207. The number of rotatable bonds is 3. The van der Waals surface area contributed by atoms with Crippen molar-refractivity contribution in [3.05, 3.63) is 45.9 Å². The van der Waals surface area contributed by atoms with Gasteiger partial charge in [0.15, 0.2) is 5.82 Å². The van der Waals surface area contributed by atoms with Crippen molar-refractivity contribution in [2.24, 2.45) is 0 Å². The number of likely N-dealkylation sites (tertiary alicyclic amines) is 1. The van der Waals surface area contributed by atoms with Crippen LogP contribution in [-0.4, -0.2) is 34.5 Å². The maximum Gasteiger partial charge on any atom is 0.254 e. The van der Waals surface area contributed by atoms with Crippen LogP contribution >= 0.6 is 15.9 Å². The molecule has 1 aliphatic heterocycles. The summed E-state index contributed by atoms with van der Waals surface area (Å²) in [7, 11) is 0. The maximum absolute atomic E-state index is 13.5. The summed E-state index contributed by atoms with van der Waals surface area (Å²) in [6.07, 6.45) is 1.25. The number of aromatic nitrogens is 1. The van der Waals surface area contributed by atoms with E-state index < -0.39 is 11.9 Å². The molecule has 24 heavy (non-hydrogen) atoms. The monoisotopic (exact) mass is 395 g/mol. The number of hydrogen-bond acceptors (Lipinski definition) is 4. The lowest BCUT2D eigenvalue weighted by Crippen LogP contribution is -2.43. The van der Waals surface area contributed by atoms with Crippen LogP contribution in [0.4, 0.5) is 10.2 Å². The Hall–Kier alpha value is -2.22. The van der Waals surface area contributed by atoms with Gasteiger partial charge >= 0.3 is 0 Å². The summed E-state index contributed by atoms with van der Waals surface area (Å²) in [5.41, 5.74) is 0.207. The van der Waals surface area contributed by atoms with E-state index in [1.807, 2.05) is 0 Å². The molecular formula is C16H15BrFN3O3. The van der Waals surface area contributed by atoms with Crippen molar-refractivity contribution in [2.45, 2.75) is 25.8 Å². The third kappa shape index (κ3) is 3.48. The van der Waals surface area contributed by atoms with Crippen LogP contribution in [-0.2, 0) is 4.79 Å². The average molecular weight is 396 g/mol. The molecule has 2 amide bonds. The number of nitrogens with one attached hydrogen (secondary N) is 1. The van der Waals surface area contributed by atoms with E-state index in [1.165, 1.54) is 17.0 Å². The standard InChI is InChI=1S/C16H15BrFN3O3/c1-9-5-14(20-24-9)19-15(22)13-3-2-4-21(13)16(23)10-6-11(17)8-12(18)7-10/h5-8,13H,2-4H2,1H3,(H,19,20,22). The van der Waals surface area contributed by atoms with Gasteiger partial charge in [-0.3, -0.25) is 9.59 Å². The number of aryl methyl sites for hydroxylation is 1. The van der Waals surface area contributed by atoms with Crippen molar-refractivity contribution < 1.29 is 18.5 Å². The molecule has 1 aromatic carbocycles. The van der Waals surface area contributed by atoms with Gasteiger partial charge in [-0.15, -0.1) is 0 Å². The first kappa shape index (κ1) is 16.6. The molecule has 0 saturated carbocycles. The lowest BCUT2D eigenvalue weighted by Gasteiger charge is -2.23. The van der Waals surface area contributed by atoms with Crippen LogP contribution in [0.25, 0.3) is 0 Å². The SMILES string of the molecule is Cc1cc(NC(=O)C2CCCN2C(=O)c2cc(F)cc(Br)c2)no1. The number of hydrogen-bond donors (Lipinski definition) is 1. The minimum Gasteiger partial charge on any atom is -0.360 e. The first-order valence-electron chi connectivity index (χ1n) is 7.45. The fraction of sp³-hybridized carbons (Fsp3) is 0.312. The molecule has 0 aliphatic carbocycles. The summed E-state index contributed by atoms with van der Waals surface area (Å²) in [6, 6.07) is 4.97. The molecule has 126 valence electrons. The Morgan fingerprint density at radius 2 is 2.17 bits per heavy atom. The summed E-state index contributed by atoms with van der Waals surface area (Å²) >= 11 is 3.17. The number of nitrogens with zero attached hydrogens (tertiary/aromatic N) is 2.